The normalized spacial score (nSPS) is 30.2. The molecule has 1 heterocycles. The summed E-state index contributed by atoms with van der Waals surface area (Å²) in [7, 11) is -11.5. The minimum atomic E-state index is -5.81. The zero-order valence-electron chi connectivity index (χ0n) is 42.0. The molecule has 1 aliphatic heterocycles. The van der Waals surface area contributed by atoms with Crippen LogP contribution in [0.3, 0.4) is 0 Å². The highest BCUT2D eigenvalue weighted by Gasteiger charge is 2.51. The second-order valence-corrected chi connectivity index (χ2v) is 20.9. The Bertz CT molecular complexity index is 1830. The topological polar surface area (TPSA) is 314 Å². The van der Waals surface area contributed by atoms with Crippen molar-refractivity contribution in [2.75, 3.05) is 13.2 Å². The number of rotatable bonds is 25. The van der Waals surface area contributed by atoms with Crippen LogP contribution in [-0.4, -0.2) is 131 Å². The molecule has 12 atom stereocenters. The molecule has 0 saturated heterocycles. The lowest BCUT2D eigenvalue weighted by molar-refractivity contribution is -0.165. The molecule has 2 bridgehead atoms. The number of allylic oxidation sites excluding steroid dienone is 10. The number of carbonyl (C=O) groups is 3. The van der Waals surface area contributed by atoms with Crippen LogP contribution in [0.25, 0.3) is 0 Å². The van der Waals surface area contributed by atoms with Crippen molar-refractivity contribution in [1.82, 2.24) is 0 Å². The number of ketones is 1. The van der Waals surface area contributed by atoms with Crippen molar-refractivity contribution in [1.29, 1.82) is 0 Å². The van der Waals surface area contributed by atoms with Crippen LogP contribution in [0.5, 0.6) is 0 Å². The second-order valence-electron chi connectivity index (χ2n) is 18.3. The highest BCUT2D eigenvalue weighted by atomic mass is 31.2. The molecular weight excluding hydrogens is 978 g/mol. The minimum absolute atomic E-state index is 0.0771. The van der Waals surface area contributed by atoms with Crippen molar-refractivity contribution >= 4 is 33.4 Å². The van der Waals surface area contributed by atoms with Crippen molar-refractivity contribution in [2.45, 2.75) is 204 Å². The minimum Gasteiger partial charge on any atom is -0.462 e. The van der Waals surface area contributed by atoms with Crippen molar-refractivity contribution < 1.29 is 91.9 Å². The lowest BCUT2D eigenvalue weighted by atomic mass is 9.83. The summed E-state index contributed by atoms with van der Waals surface area (Å²) in [6.45, 7) is 2.48. The fourth-order valence-electron chi connectivity index (χ4n) is 8.01. The average molecular weight is 1060 g/mol. The first kappa shape index (κ1) is 65.1. The summed E-state index contributed by atoms with van der Waals surface area (Å²) in [5, 5.41) is 68.1. The molecule has 21 heteroatoms. The van der Waals surface area contributed by atoms with Gasteiger partial charge in [-0.15, -0.1) is 0 Å². The van der Waals surface area contributed by atoms with E-state index in [9.17, 15) is 68.8 Å². The molecule has 0 aromatic rings. The summed E-state index contributed by atoms with van der Waals surface area (Å²) in [6, 6.07) is 0. The molecule has 1 aliphatic carbocycles. The number of cyclic esters (lactones) is 1. The summed E-state index contributed by atoms with van der Waals surface area (Å²) in [4.78, 5) is 70.7. The van der Waals surface area contributed by atoms with Crippen molar-refractivity contribution in [2.24, 2.45) is 11.8 Å². The predicted octanol–water partition coefficient (Wildman–Crippen LogP) is 6.98. The van der Waals surface area contributed by atoms with Crippen LogP contribution in [0.4, 0.5) is 0 Å². The van der Waals surface area contributed by atoms with E-state index < -0.39 is 120 Å². The van der Waals surface area contributed by atoms with Gasteiger partial charge in [0.25, 0.3) is 0 Å². The number of fused-ring (bicyclic) bond motifs is 4. The zero-order chi connectivity index (χ0) is 53.4. The Hall–Kier alpha value is -2.97. The number of phosphoric acid groups is 2. The number of aliphatic hydroxyl groups is 6. The van der Waals surface area contributed by atoms with Crippen LogP contribution in [0.2, 0.25) is 0 Å². The van der Waals surface area contributed by atoms with Crippen LogP contribution in [-0.2, 0) is 46.6 Å². The smallest absolute Gasteiger partial charge is 0.462 e. The van der Waals surface area contributed by atoms with Gasteiger partial charge in [-0.05, 0) is 77.0 Å². The molecule has 0 amide bonds. The number of carbonyl (C=O) groups excluding carboxylic acids is 3. The van der Waals surface area contributed by atoms with E-state index >= 15 is 0 Å². The fourth-order valence-corrected chi connectivity index (χ4v) is 9.54. The van der Waals surface area contributed by atoms with Crippen LogP contribution in [0.1, 0.15) is 149 Å². The van der Waals surface area contributed by atoms with Gasteiger partial charge in [-0.25, -0.2) is 9.13 Å². The number of hydrogen-bond donors (Lipinski definition) is 9. The van der Waals surface area contributed by atoms with Crippen molar-refractivity contribution in [3.63, 3.8) is 0 Å². The van der Waals surface area contributed by atoms with E-state index in [0.29, 0.717) is 19.3 Å². The van der Waals surface area contributed by atoms with Gasteiger partial charge in [0.1, 0.15) is 36.8 Å². The molecular formula is C51H84O19P2. The maximum atomic E-state index is 13.9. The largest absolute Gasteiger partial charge is 0.472 e. The van der Waals surface area contributed by atoms with E-state index in [1.54, 1.807) is 6.08 Å². The standard InChI is InChI=1S/C51H84O19P2/c1-3-5-7-8-9-10-11-12-13-14-15-16-17-18-19-20-21-22-28-32-45(56)68-39-36-66-44(55)31-27-24-23-26-30-40-42(53)35-43(54)41(34-33-38(52)29-25-6-4-2)47(58)50(69-71(61,62)63)51(49(60)48(59)46(40)57)70-72(64,65)67-37-39/h9-10,12-13,15-16,18-19,23,26,33-34,38-42,46-53,57-60H,3-8,11,14,17,20-22,24-25,27-32,35-37H2,1-2H3,(H,64,65)(H2,61,62,63)/b10-9-,13-12-,16-15-,19-18-,26-23-,34-33+/t38-,39+,40-,41-,42-,46+,47+,48-,49+,50+,51-/m0/s1. The number of Topliss-reactive ketones (excluding diaryl/α,β-unsaturated/α-hetero) is 1. The van der Waals surface area contributed by atoms with Gasteiger partial charge < -0.3 is 54.8 Å². The van der Waals surface area contributed by atoms with Crippen molar-refractivity contribution in [3.8, 4) is 0 Å². The van der Waals surface area contributed by atoms with Gasteiger partial charge >= 0.3 is 27.6 Å². The number of hydrogen-bond acceptors (Lipinski definition) is 16. The Morgan fingerprint density at radius 3 is 2.04 bits per heavy atom. The van der Waals surface area contributed by atoms with E-state index in [1.165, 1.54) is 25.3 Å². The third kappa shape index (κ3) is 28.1. The second kappa shape index (κ2) is 36.9. The van der Waals surface area contributed by atoms with Gasteiger partial charge in [0.15, 0.2) is 6.10 Å². The Labute approximate surface area is 425 Å². The Balaban J connectivity index is 2.28. The number of phosphoric ester groups is 2. The van der Waals surface area contributed by atoms with E-state index in [2.05, 4.69) is 55.5 Å². The maximum absolute atomic E-state index is 13.9. The first-order chi connectivity index (χ1) is 34.3. The molecule has 0 spiro atoms. The zero-order valence-corrected chi connectivity index (χ0v) is 43.8. The predicted molar refractivity (Wildman–Crippen MR) is 270 cm³/mol. The first-order valence-corrected chi connectivity index (χ1v) is 28.6. The fraction of sp³-hybridized carbons (Fsp3) is 0.706. The maximum Gasteiger partial charge on any atom is 0.472 e. The molecule has 412 valence electrons. The van der Waals surface area contributed by atoms with E-state index in [0.717, 1.165) is 63.5 Å². The summed E-state index contributed by atoms with van der Waals surface area (Å²) >= 11 is 0. The lowest BCUT2D eigenvalue weighted by Gasteiger charge is -2.38. The van der Waals surface area contributed by atoms with Crippen LogP contribution in [0, 0.1) is 11.8 Å². The van der Waals surface area contributed by atoms with E-state index in [1.807, 2.05) is 6.92 Å². The number of unbranched alkanes of at least 4 members (excludes halogenated alkanes) is 8. The van der Waals surface area contributed by atoms with Crippen LogP contribution in [0.15, 0.2) is 72.9 Å². The van der Waals surface area contributed by atoms with Gasteiger partial charge in [0, 0.05) is 25.2 Å². The van der Waals surface area contributed by atoms with Crippen molar-refractivity contribution in [3.05, 3.63) is 72.9 Å². The van der Waals surface area contributed by atoms with Crippen LogP contribution < -0.4 is 0 Å². The van der Waals surface area contributed by atoms with Gasteiger partial charge in [0.05, 0.1) is 36.9 Å². The Morgan fingerprint density at radius 1 is 0.806 bits per heavy atom. The molecule has 19 nitrogen and oxygen atoms in total. The Morgan fingerprint density at radius 2 is 1.42 bits per heavy atom. The SMILES string of the molecule is CCCCC/C=C\C/C=C\C/C=C\C/C=C\CCCCCC(=O)O[C@@H]1COC(=O)CCC/C=C\C[C@@H]2[C@@H](O)[C@H](O)[C@@H](O)[C@H](OP(=O)(O)OC1)[C@H](OP(=O)(O)O)[C@H](O)[C@@H](/C=C/[C@@H](O)CCCCC)C(=O)C[C@@H]2O. The quantitative estimate of drug-likeness (QED) is 0.0193. The summed E-state index contributed by atoms with van der Waals surface area (Å²) < 4.78 is 52.2. The lowest BCUT2D eigenvalue weighted by Crippen LogP contribution is -2.56. The summed E-state index contributed by atoms with van der Waals surface area (Å²) in [5.74, 6) is -5.87. The Kier molecular flexibility index (Phi) is 33.4. The highest BCUT2D eigenvalue weighted by molar-refractivity contribution is 7.47. The number of ether oxygens (including phenoxy) is 2. The molecule has 2 rings (SSSR count). The molecule has 1 fully saturated rings. The molecule has 1 saturated carbocycles. The van der Waals surface area contributed by atoms with Crippen LogP contribution >= 0.6 is 15.6 Å². The van der Waals surface area contributed by atoms with Gasteiger partial charge in [-0.3, -0.25) is 28.0 Å². The molecule has 1 unspecified atom stereocenters. The highest BCUT2D eigenvalue weighted by Crippen LogP contribution is 2.49. The molecule has 72 heavy (non-hydrogen) atoms. The average Bonchev–Trinajstić information content (AvgIpc) is 3.32. The number of aliphatic hydroxyl groups excluding tert-OH is 6. The van der Waals surface area contributed by atoms with Gasteiger partial charge in [0.2, 0.25) is 0 Å². The van der Waals surface area contributed by atoms with Gasteiger partial charge in [-0.1, -0.05) is 125 Å². The molecule has 2 aliphatic rings. The number of esters is 2. The monoisotopic (exact) mass is 1060 g/mol. The molecule has 0 aromatic heterocycles. The molecule has 0 aromatic carbocycles. The third-order valence-electron chi connectivity index (χ3n) is 12.1. The van der Waals surface area contributed by atoms with Gasteiger partial charge in [-0.2, -0.15) is 0 Å². The third-order valence-corrected chi connectivity index (χ3v) is 13.6. The summed E-state index contributed by atoms with van der Waals surface area (Å²) in [6.07, 6.45) is 14.2. The first-order valence-electron chi connectivity index (χ1n) is 25.6. The van der Waals surface area contributed by atoms with E-state index in [4.69, 9.17) is 23.0 Å². The molecule has 9 N–H and O–H groups in total. The summed E-state index contributed by atoms with van der Waals surface area (Å²) in [5.41, 5.74) is 0. The molecule has 0 radical (unpaired) electrons. The van der Waals surface area contributed by atoms with E-state index in [-0.39, 0.29) is 38.5 Å².